The molecule has 0 amide bonds. The van der Waals surface area contributed by atoms with Crippen LogP contribution in [0.25, 0.3) is 0 Å². The van der Waals surface area contributed by atoms with E-state index < -0.39 is 0 Å². The number of rotatable bonds is 7. The van der Waals surface area contributed by atoms with Crippen molar-refractivity contribution in [2.24, 2.45) is 5.92 Å². The van der Waals surface area contributed by atoms with Crippen LogP contribution in [0.15, 0.2) is 36.4 Å². The number of nitrogens with zero attached hydrogens (tertiary/aromatic N) is 4. The lowest BCUT2D eigenvalue weighted by atomic mass is 9.99. The fraction of sp³-hybridized carbons (Fsp3) is 0.577. The molecular formula is C26H38N6S. The van der Waals surface area contributed by atoms with Gasteiger partial charge in [0.2, 0.25) is 5.95 Å². The molecule has 0 bridgehead atoms. The van der Waals surface area contributed by atoms with Crippen molar-refractivity contribution < 1.29 is 0 Å². The number of benzene rings is 1. The number of piperidine rings is 1. The van der Waals surface area contributed by atoms with Crippen molar-refractivity contribution in [3.05, 3.63) is 42.0 Å². The van der Waals surface area contributed by atoms with E-state index in [4.69, 9.17) is 22.2 Å². The van der Waals surface area contributed by atoms with Crippen molar-refractivity contribution in [2.75, 3.05) is 47.8 Å². The van der Waals surface area contributed by atoms with Gasteiger partial charge in [0.25, 0.3) is 0 Å². The van der Waals surface area contributed by atoms with Crippen molar-refractivity contribution in [2.45, 2.75) is 58.3 Å². The van der Waals surface area contributed by atoms with Gasteiger partial charge in [-0.3, -0.25) is 0 Å². The smallest absolute Gasteiger partial charge is 0.232 e. The van der Waals surface area contributed by atoms with Gasteiger partial charge in [-0.2, -0.15) is 9.97 Å². The average Bonchev–Trinajstić information content (AvgIpc) is 3.13. The summed E-state index contributed by atoms with van der Waals surface area (Å²) in [6, 6.07) is 12.7. The molecule has 1 aromatic carbocycles. The zero-order chi connectivity index (χ0) is 22.9. The molecule has 3 heterocycles. The van der Waals surface area contributed by atoms with Crippen LogP contribution in [0.1, 0.15) is 57.4 Å². The largest absolute Gasteiger partial charge is 0.362 e. The molecule has 0 aliphatic carbocycles. The fourth-order valence-corrected chi connectivity index (χ4v) is 4.82. The van der Waals surface area contributed by atoms with Crippen LogP contribution in [0.2, 0.25) is 0 Å². The van der Waals surface area contributed by atoms with Gasteiger partial charge >= 0.3 is 0 Å². The Kier molecular flexibility index (Phi) is 8.75. The second-order valence-electron chi connectivity index (χ2n) is 9.45. The Balaban J connectivity index is 1.40. The molecular weight excluding hydrogens is 428 g/mol. The Morgan fingerprint density at radius 3 is 2.24 bits per heavy atom. The molecule has 178 valence electrons. The van der Waals surface area contributed by atoms with E-state index in [0.29, 0.717) is 11.1 Å². The molecule has 7 heteroatoms. The summed E-state index contributed by atoms with van der Waals surface area (Å²) < 4.78 is 0. The first kappa shape index (κ1) is 23.7. The number of aryl methyl sites for hydroxylation is 1. The van der Waals surface area contributed by atoms with Crippen molar-refractivity contribution in [1.82, 2.24) is 15.3 Å². The second kappa shape index (κ2) is 12.2. The van der Waals surface area contributed by atoms with E-state index in [0.717, 1.165) is 63.1 Å². The SMILES string of the molecule is CC1CCN(c2cc(N3CCCCCC3)nc(NC(=S)NCCCc3ccccc3)n2)CC1. The number of hydrogen-bond acceptors (Lipinski definition) is 5. The van der Waals surface area contributed by atoms with E-state index in [1.54, 1.807) is 0 Å². The van der Waals surface area contributed by atoms with Crippen LogP contribution in [0.3, 0.4) is 0 Å². The van der Waals surface area contributed by atoms with Gasteiger partial charge in [-0.05, 0) is 62.2 Å². The molecule has 6 nitrogen and oxygen atoms in total. The number of thiocarbonyl (C=S) groups is 1. The zero-order valence-corrected chi connectivity index (χ0v) is 20.7. The van der Waals surface area contributed by atoms with E-state index in [9.17, 15) is 0 Å². The molecule has 4 rings (SSSR count). The van der Waals surface area contributed by atoms with Gasteiger partial charge in [-0.25, -0.2) is 0 Å². The third kappa shape index (κ3) is 7.29. The van der Waals surface area contributed by atoms with E-state index in [2.05, 4.69) is 63.8 Å². The topological polar surface area (TPSA) is 56.3 Å². The minimum atomic E-state index is 0.592. The van der Waals surface area contributed by atoms with Gasteiger partial charge in [0.15, 0.2) is 5.11 Å². The fourth-order valence-electron chi connectivity index (χ4n) is 4.62. The predicted molar refractivity (Wildman–Crippen MR) is 142 cm³/mol. The van der Waals surface area contributed by atoms with Crippen LogP contribution in [0, 0.1) is 5.92 Å². The molecule has 2 fully saturated rings. The van der Waals surface area contributed by atoms with Crippen molar-refractivity contribution >= 4 is 34.9 Å². The number of hydrogen-bond donors (Lipinski definition) is 2. The van der Waals surface area contributed by atoms with E-state index in [1.165, 1.54) is 44.1 Å². The van der Waals surface area contributed by atoms with Gasteiger partial charge < -0.3 is 20.4 Å². The monoisotopic (exact) mass is 466 g/mol. The highest BCUT2D eigenvalue weighted by Crippen LogP contribution is 2.27. The Labute approximate surface area is 204 Å². The van der Waals surface area contributed by atoms with Crippen LogP contribution in [-0.4, -0.2) is 47.8 Å². The molecule has 0 radical (unpaired) electrons. The van der Waals surface area contributed by atoms with Crippen molar-refractivity contribution in [3.63, 3.8) is 0 Å². The van der Waals surface area contributed by atoms with Crippen LogP contribution in [0.4, 0.5) is 17.6 Å². The molecule has 2 aliphatic rings. The molecule has 2 saturated heterocycles. The van der Waals surface area contributed by atoms with E-state index in [-0.39, 0.29) is 0 Å². The minimum absolute atomic E-state index is 0.592. The highest BCUT2D eigenvalue weighted by molar-refractivity contribution is 7.80. The molecule has 2 N–H and O–H groups in total. The van der Waals surface area contributed by atoms with Crippen LogP contribution in [-0.2, 0) is 6.42 Å². The molecule has 0 unspecified atom stereocenters. The zero-order valence-electron chi connectivity index (χ0n) is 19.9. The molecule has 0 saturated carbocycles. The number of nitrogens with one attached hydrogen (secondary N) is 2. The van der Waals surface area contributed by atoms with Gasteiger partial charge in [0.1, 0.15) is 11.6 Å². The maximum atomic E-state index is 5.57. The van der Waals surface area contributed by atoms with Gasteiger partial charge in [0.05, 0.1) is 0 Å². The average molecular weight is 467 g/mol. The Hall–Kier alpha value is -2.41. The number of aromatic nitrogens is 2. The van der Waals surface area contributed by atoms with Gasteiger partial charge in [0, 0.05) is 38.8 Å². The maximum Gasteiger partial charge on any atom is 0.232 e. The molecule has 33 heavy (non-hydrogen) atoms. The normalized spacial score (nSPS) is 17.5. The molecule has 0 spiro atoms. The van der Waals surface area contributed by atoms with Crippen LogP contribution < -0.4 is 20.4 Å². The summed E-state index contributed by atoms with van der Waals surface area (Å²) in [5.74, 6) is 3.43. The van der Waals surface area contributed by atoms with Gasteiger partial charge in [-0.1, -0.05) is 50.1 Å². The second-order valence-corrected chi connectivity index (χ2v) is 9.86. The maximum absolute atomic E-state index is 5.57. The minimum Gasteiger partial charge on any atom is -0.362 e. The molecule has 1 aromatic heterocycles. The van der Waals surface area contributed by atoms with Gasteiger partial charge in [-0.15, -0.1) is 0 Å². The standard InChI is InChI=1S/C26H38N6S/c1-21-13-18-32(19-14-21)24-20-23(31-16-7-2-3-8-17-31)28-25(29-24)30-26(33)27-15-9-12-22-10-5-4-6-11-22/h4-6,10-11,20-21H,2-3,7-9,12-19H2,1H3,(H2,27,28,29,30,33). The summed E-state index contributed by atoms with van der Waals surface area (Å²) in [6.07, 6.45) is 9.56. The lowest BCUT2D eigenvalue weighted by molar-refractivity contribution is 0.436. The quantitative estimate of drug-likeness (QED) is 0.439. The Morgan fingerprint density at radius 1 is 0.939 bits per heavy atom. The first-order valence-corrected chi connectivity index (χ1v) is 13.1. The lowest BCUT2D eigenvalue weighted by Gasteiger charge is -2.32. The first-order chi connectivity index (χ1) is 16.2. The molecule has 2 aliphatic heterocycles. The number of anilines is 3. The van der Waals surface area contributed by atoms with Crippen molar-refractivity contribution in [3.8, 4) is 0 Å². The lowest BCUT2D eigenvalue weighted by Crippen LogP contribution is -2.35. The molecule has 2 aromatic rings. The third-order valence-electron chi connectivity index (χ3n) is 6.73. The highest BCUT2D eigenvalue weighted by atomic mass is 32.1. The predicted octanol–water partition coefficient (Wildman–Crippen LogP) is 5.01. The highest BCUT2D eigenvalue weighted by Gasteiger charge is 2.21. The molecule has 0 atom stereocenters. The van der Waals surface area contributed by atoms with Crippen molar-refractivity contribution in [1.29, 1.82) is 0 Å². The summed E-state index contributed by atoms with van der Waals surface area (Å²) >= 11 is 5.57. The van der Waals surface area contributed by atoms with E-state index >= 15 is 0 Å². The van der Waals surface area contributed by atoms with Crippen LogP contribution >= 0.6 is 12.2 Å². The third-order valence-corrected chi connectivity index (χ3v) is 6.98. The summed E-state index contributed by atoms with van der Waals surface area (Å²) in [5, 5.41) is 7.19. The summed E-state index contributed by atoms with van der Waals surface area (Å²) in [7, 11) is 0. The van der Waals surface area contributed by atoms with E-state index in [1.807, 2.05) is 0 Å². The summed E-state index contributed by atoms with van der Waals surface area (Å²) in [6.45, 7) is 7.40. The summed E-state index contributed by atoms with van der Waals surface area (Å²) in [5.41, 5.74) is 1.35. The summed E-state index contributed by atoms with van der Waals surface area (Å²) in [4.78, 5) is 14.6. The Morgan fingerprint density at radius 2 is 1.58 bits per heavy atom. The first-order valence-electron chi connectivity index (χ1n) is 12.6. The Bertz CT molecular complexity index is 874. The van der Waals surface area contributed by atoms with Crippen LogP contribution in [0.5, 0.6) is 0 Å².